The quantitative estimate of drug-likeness (QED) is 0.921. The van der Waals surface area contributed by atoms with Crippen molar-refractivity contribution in [1.29, 1.82) is 0 Å². The molecule has 0 amide bonds. The third-order valence-electron chi connectivity index (χ3n) is 3.66. The van der Waals surface area contributed by atoms with Gasteiger partial charge in [0.2, 0.25) is 0 Å². The maximum absolute atomic E-state index is 12.0. The molecule has 0 aromatic heterocycles. The first-order chi connectivity index (χ1) is 9.45. The minimum absolute atomic E-state index is 0.0546. The van der Waals surface area contributed by atoms with Crippen LogP contribution in [0.5, 0.6) is 0 Å². The van der Waals surface area contributed by atoms with E-state index in [0.717, 1.165) is 30.0 Å². The van der Waals surface area contributed by atoms with Crippen molar-refractivity contribution in [2.75, 3.05) is 29.2 Å². The van der Waals surface area contributed by atoms with Crippen molar-refractivity contribution in [3.8, 4) is 0 Å². The highest BCUT2D eigenvalue weighted by Crippen LogP contribution is 2.32. The average Bonchev–Trinajstić information content (AvgIpc) is 2.45. The smallest absolute Gasteiger partial charge is 0.169 e. The van der Waals surface area contributed by atoms with Crippen LogP contribution in [0.25, 0.3) is 0 Å². The van der Waals surface area contributed by atoms with Crippen molar-refractivity contribution in [2.24, 2.45) is 5.73 Å². The molecule has 1 aliphatic heterocycles. The zero-order valence-electron chi connectivity index (χ0n) is 12.0. The zero-order chi connectivity index (χ0) is 14.8. The lowest BCUT2D eigenvalue weighted by Crippen LogP contribution is -2.47. The molecule has 1 heterocycles. The molecule has 0 bridgehead atoms. The van der Waals surface area contributed by atoms with Crippen LogP contribution >= 0.6 is 11.8 Å². The molecule has 0 aliphatic carbocycles. The number of para-hydroxylation sites is 1. The SMILES string of the molecule is CC[C@H](N)c1ccccc1N1CCSCC1S(C)(=O)=O. The molecule has 0 radical (unpaired) electrons. The lowest BCUT2D eigenvalue weighted by atomic mass is 10.0. The second-order valence-corrected chi connectivity index (χ2v) is 8.48. The van der Waals surface area contributed by atoms with Crippen molar-refractivity contribution in [3.63, 3.8) is 0 Å². The molecule has 2 atom stereocenters. The number of benzene rings is 1. The van der Waals surface area contributed by atoms with Gasteiger partial charge in [-0.05, 0) is 18.1 Å². The molecule has 112 valence electrons. The van der Waals surface area contributed by atoms with E-state index >= 15 is 0 Å². The van der Waals surface area contributed by atoms with Crippen LogP contribution in [-0.4, -0.2) is 38.1 Å². The number of rotatable bonds is 4. The molecule has 1 aliphatic rings. The average molecular weight is 314 g/mol. The van der Waals surface area contributed by atoms with Gasteiger partial charge in [-0.1, -0.05) is 25.1 Å². The van der Waals surface area contributed by atoms with Crippen LogP contribution in [0.2, 0.25) is 0 Å². The summed E-state index contributed by atoms with van der Waals surface area (Å²) in [7, 11) is -3.11. The number of hydrogen-bond acceptors (Lipinski definition) is 5. The van der Waals surface area contributed by atoms with Crippen molar-refractivity contribution in [3.05, 3.63) is 29.8 Å². The summed E-state index contributed by atoms with van der Waals surface area (Å²) in [6, 6.07) is 7.84. The van der Waals surface area contributed by atoms with E-state index in [-0.39, 0.29) is 6.04 Å². The summed E-state index contributed by atoms with van der Waals surface area (Å²) in [5.74, 6) is 1.57. The third kappa shape index (κ3) is 3.30. The molecule has 1 saturated heterocycles. The second kappa shape index (κ2) is 6.37. The Morgan fingerprint density at radius 1 is 1.45 bits per heavy atom. The highest BCUT2D eigenvalue weighted by atomic mass is 32.2. The minimum atomic E-state index is -3.11. The Labute approximate surface area is 125 Å². The van der Waals surface area contributed by atoms with Crippen LogP contribution in [-0.2, 0) is 9.84 Å². The maximum Gasteiger partial charge on any atom is 0.169 e. The second-order valence-electron chi connectivity index (χ2n) is 5.13. The molecule has 2 rings (SSSR count). The first-order valence-electron chi connectivity index (χ1n) is 6.83. The number of thioether (sulfide) groups is 1. The number of sulfone groups is 1. The van der Waals surface area contributed by atoms with Crippen LogP contribution in [0.15, 0.2) is 24.3 Å². The van der Waals surface area contributed by atoms with Gasteiger partial charge >= 0.3 is 0 Å². The van der Waals surface area contributed by atoms with Gasteiger partial charge in [-0.2, -0.15) is 11.8 Å². The van der Waals surface area contributed by atoms with Crippen molar-refractivity contribution in [2.45, 2.75) is 24.8 Å². The topological polar surface area (TPSA) is 63.4 Å². The summed E-state index contributed by atoms with van der Waals surface area (Å²) in [5, 5.41) is -0.452. The van der Waals surface area contributed by atoms with Crippen LogP contribution in [0, 0.1) is 0 Å². The van der Waals surface area contributed by atoms with Crippen LogP contribution in [0.3, 0.4) is 0 Å². The first-order valence-corrected chi connectivity index (χ1v) is 9.93. The maximum atomic E-state index is 12.0. The fraction of sp³-hybridized carbons (Fsp3) is 0.571. The number of nitrogens with two attached hydrogens (primary N) is 1. The summed E-state index contributed by atoms with van der Waals surface area (Å²) in [4.78, 5) is 2.01. The molecule has 20 heavy (non-hydrogen) atoms. The first kappa shape index (κ1) is 15.7. The fourth-order valence-electron chi connectivity index (χ4n) is 2.49. The summed E-state index contributed by atoms with van der Waals surface area (Å²) < 4.78 is 24.1. The zero-order valence-corrected chi connectivity index (χ0v) is 13.6. The van der Waals surface area contributed by atoms with Gasteiger partial charge in [0.05, 0.1) is 0 Å². The molecule has 0 saturated carbocycles. The Hall–Kier alpha value is -0.720. The Balaban J connectivity index is 2.43. The summed E-state index contributed by atoms with van der Waals surface area (Å²) >= 11 is 1.70. The van der Waals surface area contributed by atoms with E-state index in [1.54, 1.807) is 11.8 Å². The summed E-state index contributed by atoms with van der Waals surface area (Å²) in [6.07, 6.45) is 2.15. The lowest BCUT2D eigenvalue weighted by Gasteiger charge is -2.37. The highest BCUT2D eigenvalue weighted by Gasteiger charge is 2.32. The van der Waals surface area contributed by atoms with E-state index in [2.05, 4.69) is 0 Å². The summed E-state index contributed by atoms with van der Waals surface area (Å²) in [5.41, 5.74) is 8.18. The predicted octanol–water partition coefficient (Wildman–Crippen LogP) is 2.02. The molecule has 0 spiro atoms. The summed E-state index contributed by atoms with van der Waals surface area (Å²) in [6.45, 7) is 2.79. The number of anilines is 1. The van der Waals surface area contributed by atoms with Crippen molar-refractivity contribution in [1.82, 2.24) is 0 Å². The monoisotopic (exact) mass is 314 g/mol. The lowest BCUT2D eigenvalue weighted by molar-refractivity contribution is 0.583. The van der Waals surface area contributed by atoms with E-state index < -0.39 is 15.2 Å². The van der Waals surface area contributed by atoms with E-state index in [1.165, 1.54) is 6.26 Å². The molecule has 6 heteroatoms. The van der Waals surface area contributed by atoms with Crippen LogP contribution in [0.4, 0.5) is 5.69 Å². The highest BCUT2D eigenvalue weighted by molar-refractivity contribution is 8.01. The van der Waals surface area contributed by atoms with E-state index in [4.69, 9.17) is 5.73 Å². The van der Waals surface area contributed by atoms with Crippen molar-refractivity contribution >= 4 is 27.3 Å². The largest absolute Gasteiger partial charge is 0.353 e. The minimum Gasteiger partial charge on any atom is -0.353 e. The molecular formula is C14H22N2O2S2. The molecule has 4 nitrogen and oxygen atoms in total. The van der Waals surface area contributed by atoms with Gasteiger partial charge in [0.1, 0.15) is 5.37 Å². The van der Waals surface area contributed by atoms with E-state index in [9.17, 15) is 8.42 Å². The van der Waals surface area contributed by atoms with Crippen LogP contribution in [0.1, 0.15) is 24.9 Å². The van der Waals surface area contributed by atoms with Gasteiger partial charge in [0, 0.05) is 36.0 Å². The molecule has 1 aromatic carbocycles. The van der Waals surface area contributed by atoms with Gasteiger partial charge < -0.3 is 10.6 Å². The van der Waals surface area contributed by atoms with Gasteiger partial charge in [-0.15, -0.1) is 0 Å². The molecular weight excluding hydrogens is 292 g/mol. The number of nitrogens with zero attached hydrogens (tertiary/aromatic N) is 1. The Morgan fingerprint density at radius 2 is 2.15 bits per heavy atom. The molecule has 2 N–H and O–H groups in total. The van der Waals surface area contributed by atoms with Crippen LogP contribution < -0.4 is 10.6 Å². The Kier molecular flexibility index (Phi) is 4.99. The standard InChI is InChI=1S/C14H22N2O2S2/c1-3-12(15)11-6-4-5-7-13(11)16-8-9-19-10-14(16)20(2,17)18/h4-7,12,14H,3,8-10,15H2,1-2H3/t12-,14?/m0/s1. The Morgan fingerprint density at radius 3 is 2.80 bits per heavy atom. The van der Waals surface area contributed by atoms with Gasteiger partial charge in [0.25, 0.3) is 0 Å². The van der Waals surface area contributed by atoms with Gasteiger partial charge in [-0.3, -0.25) is 0 Å². The molecule has 1 fully saturated rings. The molecule has 1 unspecified atom stereocenters. The van der Waals surface area contributed by atoms with Crippen molar-refractivity contribution < 1.29 is 8.42 Å². The van der Waals surface area contributed by atoms with E-state index in [1.807, 2.05) is 36.1 Å². The normalized spacial score (nSPS) is 21.8. The van der Waals surface area contributed by atoms with E-state index in [0.29, 0.717) is 5.75 Å². The Bertz CT molecular complexity index is 560. The predicted molar refractivity (Wildman–Crippen MR) is 87.0 cm³/mol. The fourth-order valence-corrected chi connectivity index (χ4v) is 5.33. The third-order valence-corrected chi connectivity index (χ3v) is 6.31. The molecule has 1 aromatic rings. The van der Waals surface area contributed by atoms with Gasteiger partial charge in [-0.25, -0.2) is 8.42 Å². The van der Waals surface area contributed by atoms with Gasteiger partial charge in [0.15, 0.2) is 9.84 Å². The number of hydrogen-bond donors (Lipinski definition) is 1.